The fourth-order valence-electron chi connectivity index (χ4n) is 1.21. The van der Waals surface area contributed by atoms with E-state index in [4.69, 9.17) is 0 Å². The molecule has 2 aromatic rings. The van der Waals surface area contributed by atoms with Gasteiger partial charge >= 0.3 is 0 Å². The van der Waals surface area contributed by atoms with E-state index in [1.54, 1.807) is 6.26 Å². The van der Waals surface area contributed by atoms with E-state index in [1.807, 2.05) is 44.3 Å². The Labute approximate surface area is 86.8 Å². The van der Waals surface area contributed by atoms with E-state index in [0.29, 0.717) is 0 Å². The van der Waals surface area contributed by atoms with Gasteiger partial charge < -0.3 is 4.98 Å². The van der Waals surface area contributed by atoms with Crippen LogP contribution in [-0.4, -0.2) is 15.4 Å². The SMILES string of the molecule is CC.CS(=O)c1ccc2cc[nH]c2c1. The van der Waals surface area contributed by atoms with Crippen molar-refractivity contribution in [2.45, 2.75) is 18.7 Å². The van der Waals surface area contributed by atoms with Gasteiger partial charge in [-0.1, -0.05) is 19.9 Å². The number of fused-ring (bicyclic) bond motifs is 1. The summed E-state index contributed by atoms with van der Waals surface area (Å²) in [4.78, 5) is 3.95. The zero-order chi connectivity index (χ0) is 10.6. The minimum absolute atomic E-state index is 0.866. The lowest BCUT2D eigenvalue weighted by atomic mass is 10.2. The molecule has 1 unspecified atom stereocenters. The van der Waals surface area contributed by atoms with E-state index in [1.165, 1.54) is 0 Å². The highest BCUT2D eigenvalue weighted by atomic mass is 32.2. The molecule has 76 valence electrons. The maximum Gasteiger partial charge on any atom is 0.0498 e. The molecule has 0 fully saturated rings. The minimum atomic E-state index is -0.889. The van der Waals surface area contributed by atoms with E-state index in [9.17, 15) is 4.21 Å². The highest BCUT2D eigenvalue weighted by Gasteiger charge is 1.98. The summed E-state index contributed by atoms with van der Waals surface area (Å²) in [6.45, 7) is 4.00. The zero-order valence-corrected chi connectivity index (χ0v) is 9.52. The minimum Gasteiger partial charge on any atom is -0.361 e. The lowest BCUT2D eigenvalue weighted by Gasteiger charge is -1.95. The Morgan fingerprint density at radius 3 is 2.57 bits per heavy atom. The van der Waals surface area contributed by atoms with E-state index in [0.717, 1.165) is 15.8 Å². The third-order valence-corrected chi connectivity index (χ3v) is 2.78. The van der Waals surface area contributed by atoms with Gasteiger partial charge in [-0.15, -0.1) is 0 Å². The average Bonchev–Trinajstić information content (AvgIpc) is 2.67. The first kappa shape index (κ1) is 11.0. The van der Waals surface area contributed by atoms with Gasteiger partial charge in [0.2, 0.25) is 0 Å². The quantitative estimate of drug-likeness (QED) is 0.769. The van der Waals surface area contributed by atoms with E-state index >= 15 is 0 Å². The summed E-state index contributed by atoms with van der Waals surface area (Å²) in [6.07, 6.45) is 3.57. The van der Waals surface area contributed by atoms with Gasteiger partial charge in [0.1, 0.15) is 0 Å². The van der Waals surface area contributed by atoms with Crippen molar-refractivity contribution in [3.05, 3.63) is 30.5 Å². The van der Waals surface area contributed by atoms with Crippen LogP contribution in [0.4, 0.5) is 0 Å². The molecule has 0 radical (unpaired) electrons. The number of H-pyrrole nitrogens is 1. The van der Waals surface area contributed by atoms with E-state index in [-0.39, 0.29) is 0 Å². The summed E-state index contributed by atoms with van der Waals surface area (Å²) < 4.78 is 11.1. The summed E-state index contributed by atoms with van der Waals surface area (Å²) >= 11 is 0. The van der Waals surface area contributed by atoms with Crippen molar-refractivity contribution in [1.82, 2.24) is 4.98 Å². The first-order valence-corrected chi connectivity index (χ1v) is 6.24. The molecule has 1 aromatic carbocycles. The molecule has 1 aromatic heterocycles. The maximum atomic E-state index is 11.1. The molecule has 3 heteroatoms. The molecule has 0 amide bonds. The molecule has 1 N–H and O–H groups in total. The second kappa shape index (κ2) is 4.96. The average molecular weight is 209 g/mol. The number of aromatic nitrogens is 1. The summed E-state index contributed by atoms with van der Waals surface area (Å²) in [6, 6.07) is 7.79. The Bertz CT molecular complexity index is 434. The molecule has 0 aliphatic carbocycles. The van der Waals surface area contributed by atoms with Crippen LogP contribution in [0.1, 0.15) is 13.8 Å². The maximum absolute atomic E-state index is 11.1. The molecule has 1 atom stereocenters. The number of nitrogens with one attached hydrogen (secondary N) is 1. The zero-order valence-electron chi connectivity index (χ0n) is 8.70. The molecule has 0 aliphatic heterocycles. The molecular weight excluding hydrogens is 194 g/mol. The molecule has 1 heterocycles. The second-order valence-corrected chi connectivity index (χ2v) is 4.06. The summed E-state index contributed by atoms with van der Waals surface area (Å²) in [7, 11) is -0.889. The predicted molar refractivity (Wildman–Crippen MR) is 62.0 cm³/mol. The molecule has 0 saturated carbocycles. The van der Waals surface area contributed by atoms with Crippen LogP contribution in [0.25, 0.3) is 10.9 Å². The van der Waals surface area contributed by atoms with Gasteiger partial charge in [0.15, 0.2) is 0 Å². The van der Waals surface area contributed by atoms with Gasteiger partial charge in [-0.05, 0) is 23.6 Å². The summed E-state index contributed by atoms with van der Waals surface area (Å²) in [5, 5.41) is 1.16. The topological polar surface area (TPSA) is 32.9 Å². The van der Waals surface area contributed by atoms with Crippen LogP contribution in [0, 0.1) is 0 Å². The van der Waals surface area contributed by atoms with Crippen molar-refractivity contribution in [2.24, 2.45) is 0 Å². The summed E-state index contributed by atoms with van der Waals surface area (Å²) in [5.74, 6) is 0. The highest BCUT2D eigenvalue weighted by Crippen LogP contribution is 2.15. The van der Waals surface area contributed by atoms with Gasteiger partial charge in [-0.25, -0.2) is 0 Å². The molecule has 2 nitrogen and oxygen atoms in total. The lowest BCUT2D eigenvalue weighted by molar-refractivity contribution is 0.687. The smallest absolute Gasteiger partial charge is 0.0498 e. The van der Waals surface area contributed by atoms with Crippen molar-refractivity contribution in [3.63, 3.8) is 0 Å². The van der Waals surface area contributed by atoms with Gasteiger partial charge in [0.25, 0.3) is 0 Å². The van der Waals surface area contributed by atoms with Crippen LogP contribution in [0.3, 0.4) is 0 Å². The molecule has 2 rings (SSSR count). The van der Waals surface area contributed by atoms with Gasteiger partial charge in [0.05, 0.1) is 0 Å². The van der Waals surface area contributed by atoms with Crippen LogP contribution >= 0.6 is 0 Å². The number of hydrogen-bond donors (Lipinski definition) is 1. The highest BCUT2D eigenvalue weighted by molar-refractivity contribution is 7.84. The van der Waals surface area contributed by atoms with Gasteiger partial charge in [0, 0.05) is 33.7 Å². The largest absolute Gasteiger partial charge is 0.361 e. The molecule has 0 saturated heterocycles. The number of benzene rings is 1. The third-order valence-electron chi connectivity index (χ3n) is 1.86. The predicted octanol–water partition coefficient (Wildman–Crippen LogP) is 2.93. The molecular formula is C11H15NOS. The normalized spacial score (nSPS) is 11.9. The van der Waals surface area contributed by atoms with Crippen LogP contribution in [0.5, 0.6) is 0 Å². The Morgan fingerprint density at radius 2 is 1.93 bits per heavy atom. The van der Waals surface area contributed by atoms with Crippen molar-refractivity contribution >= 4 is 21.7 Å². The number of hydrogen-bond acceptors (Lipinski definition) is 1. The van der Waals surface area contributed by atoms with Crippen LogP contribution < -0.4 is 0 Å². The Balaban J connectivity index is 0.000000461. The van der Waals surface area contributed by atoms with Crippen LogP contribution in [0.15, 0.2) is 35.4 Å². The fourth-order valence-corrected chi connectivity index (χ4v) is 1.75. The molecule has 0 bridgehead atoms. The van der Waals surface area contributed by atoms with Gasteiger partial charge in [-0.2, -0.15) is 0 Å². The molecule has 0 aliphatic rings. The Morgan fingerprint density at radius 1 is 1.21 bits per heavy atom. The monoisotopic (exact) mass is 209 g/mol. The fraction of sp³-hybridized carbons (Fsp3) is 0.273. The molecule has 0 spiro atoms. The van der Waals surface area contributed by atoms with Gasteiger partial charge in [-0.3, -0.25) is 4.21 Å². The first-order chi connectivity index (χ1) is 6.77. The Hall–Kier alpha value is -1.09. The summed E-state index contributed by atoms with van der Waals surface area (Å²) in [5.41, 5.74) is 1.04. The number of aromatic amines is 1. The molecule has 14 heavy (non-hydrogen) atoms. The third kappa shape index (κ3) is 2.23. The van der Waals surface area contributed by atoms with Crippen LogP contribution in [-0.2, 0) is 10.8 Å². The van der Waals surface area contributed by atoms with E-state index in [2.05, 4.69) is 4.98 Å². The first-order valence-electron chi connectivity index (χ1n) is 4.68. The standard InChI is InChI=1S/C9H9NOS.C2H6/c1-12(11)8-3-2-7-4-5-10-9(7)6-8;1-2/h2-6,10H,1H3;1-2H3. The van der Waals surface area contributed by atoms with Crippen molar-refractivity contribution in [1.29, 1.82) is 0 Å². The van der Waals surface area contributed by atoms with Crippen molar-refractivity contribution in [3.8, 4) is 0 Å². The second-order valence-electron chi connectivity index (χ2n) is 2.68. The van der Waals surface area contributed by atoms with Crippen molar-refractivity contribution < 1.29 is 4.21 Å². The Kier molecular flexibility index (Phi) is 3.89. The van der Waals surface area contributed by atoms with Crippen LogP contribution in [0.2, 0.25) is 0 Å². The van der Waals surface area contributed by atoms with E-state index < -0.39 is 10.8 Å². The number of rotatable bonds is 1. The lowest BCUT2D eigenvalue weighted by Crippen LogP contribution is -1.85. The van der Waals surface area contributed by atoms with Crippen molar-refractivity contribution in [2.75, 3.05) is 6.26 Å².